The molecule has 2 rings (SSSR count). The molecule has 0 aliphatic rings. The van der Waals surface area contributed by atoms with Gasteiger partial charge in [-0.05, 0) is 48.2 Å². The number of aliphatic hydroxyl groups is 1. The molecular weight excluding hydrogens is 342 g/mol. The van der Waals surface area contributed by atoms with Gasteiger partial charge in [-0.3, -0.25) is 10.1 Å². The zero-order valence-electron chi connectivity index (χ0n) is 15.5. The van der Waals surface area contributed by atoms with E-state index in [0.717, 1.165) is 49.2 Å². The fraction of sp³-hybridized carbons (Fsp3) is 0.364. The van der Waals surface area contributed by atoms with E-state index in [1.165, 1.54) is 25.0 Å². The Morgan fingerprint density at radius 3 is 1.89 bits per heavy atom. The van der Waals surface area contributed by atoms with Crippen LogP contribution in [0.3, 0.4) is 0 Å². The minimum Gasteiger partial charge on any atom is -0.494 e. The molecule has 5 nitrogen and oxygen atoms in total. The lowest BCUT2D eigenvalue weighted by Gasteiger charge is -2.06. The molecule has 0 saturated heterocycles. The number of benzene rings is 2. The third-order valence-corrected chi connectivity index (χ3v) is 4.27. The summed E-state index contributed by atoms with van der Waals surface area (Å²) in [5.41, 5.74) is 2.06. The summed E-state index contributed by atoms with van der Waals surface area (Å²) >= 11 is 0. The highest BCUT2D eigenvalue weighted by molar-refractivity contribution is 5.70. The van der Waals surface area contributed by atoms with Gasteiger partial charge in [0.05, 0.1) is 11.5 Å². The summed E-state index contributed by atoms with van der Waals surface area (Å²) in [7, 11) is 0. The number of nitrogens with zero attached hydrogens (tertiary/aromatic N) is 1. The summed E-state index contributed by atoms with van der Waals surface area (Å²) in [5, 5.41) is 19.4. The third-order valence-electron chi connectivity index (χ3n) is 4.27. The van der Waals surface area contributed by atoms with Crippen LogP contribution in [0.25, 0.3) is 12.2 Å². The van der Waals surface area contributed by atoms with E-state index >= 15 is 0 Å². The quantitative estimate of drug-likeness (QED) is 0.233. The summed E-state index contributed by atoms with van der Waals surface area (Å²) in [6.45, 7) is 1.01. The van der Waals surface area contributed by atoms with Gasteiger partial charge in [-0.2, -0.15) is 0 Å². The highest BCUT2D eigenvalue weighted by Gasteiger charge is 2.02. The first-order valence-electron chi connectivity index (χ1n) is 9.45. The van der Waals surface area contributed by atoms with Crippen molar-refractivity contribution in [3.05, 3.63) is 69.8 Å². The Bertz CT molecular complexity index is 708. The van der Waals surface area contributed by atoms with Crippen molar-refractivity contribution >= 4 is 17.8 Å². The Morgan fingerprint density at radius 1 is 0.815 bits per heavy atom. The van der Waals surface area contributed by atoms with Crippen LogP contribution in [0.5, 0.6) is 5.75 Å². The van der Waals surface area contributed by atoms with Crippen molar-refractivity contribution in [1.29, 1.82) is 0 Å². The summed E-state index contributed by atoms with van der Waals surface area (Å²) in [6, 6.07) is 14.4. The molecule has 5 heteroatoms. The fourth-order valence-electron chi connectivity index (χ4n) is 2.69. The zero-order chi connectivity index (χ0) is 19.3. The van der Waals surface area contributed by atoms with Crippen molar-refractivity contribution in [3.63, 3.8) is 0 Å². The van der Waals surface area contributed by atoms with Crippen molar-refractivity contribution in [2.75, 3.05) is 13.2 Å². The van der Waals surface area contributed by atoms with Crippen LogP contribution in [0.15, 0.2) is 48.5 Å². The molecule has 0 heterocycles. The normalized spacial score (nSPS) is 11.0. The summed E-state index contributed by atoms with van der Waals surface area (Å²) < 4.78 is 5.76. The molecule has 0 radical (unpaired) electrons. The average molecular weight is 369 g/mol. The van der Waals surface area contributed by atoms with Gasteiger partial charge in [0.2, 0.25) is 0 Å². The monoisotopic (exact) mass is 369 g/mol. The Kier molecular flexibility index (Phi) is 9.07. The first-order chi connectivity index (χ1) is 13.2. The second-order valence-electron chi connectivity index (χ2n) is 6.44. The lowest BCUT2D eigenvalue weighted by molar-refractivity contribution is -0.384. The van der Waals surface area contributed by atoms with Crippen molar-refractivity contribution in [2.24, 2.45) is 0 Å². The van der Waals surface area contributed by atoms with Crippen molar-refractivity contribution in [3.8, 4) is 5.75 Å². The number of non-ortho nitro benzene ring substituents is 1. The number of unbranched alkanes of at least 4 members (excludes halogenated alkanes) is 5. The Labute approximate surface area is 160 Å². The topological polar surface area (TPSA) is 72.6 Å². The summed E-state index contributed by atoms with van der Waals surface area (Å²) in [6.07, 6.45) is 10.5. The lowest BCUT2D eigenvalue weighted by Crippen LogP contribution is -1.97. The first kappa shape index (κ1) is 20.6. The molecule has 0 amide bonds. The lowest BCUT2D eigenvalue weighted by atomic mass is 10.1. The molecule has 144 valence electrons. The largest absolute Gasteiger partial charge is 0.494 e. The number of hydrogen-bond acceptors (Lipinski definition) is 4. The number of aliphatic hydroxyl groups excluding tert-OH is 1. The maximum atomic E-state index is 10.7. The maximum Gasteiger partial charge on any atom is 0.269 e. The van der Waals surface area contributed by atoms with Crippen molar-refractivity contribution < 1.29 is 14.8 Å². The second-order valence-corrected chi connectivity index (χ2v) is 6.44. The maximum absolute atomic E-state index is 10.7. The van der Waals surface area contributed by atoms with E-state index in [2.05, 4.69) is 0 Å². The number of hydrogen-bond donors (Lipinski definition) is 1. The highest BCUT2D eigenvalue weighted by Crippen LogP contribution is 2.17. The summed E-state index contributed by atoms with van der Waals surface area (Å²) in [4.78, 5) is 10.3. The summed E-state index contributed by atoms with van der Waals surface area (Å²) in [5.74, 6) is 0.864. The molecule has 2 aromatic carbocycles. The van der Waals surface area contributed by atoms with E-state index in [1.54, 1.807) is 12.1 Å². The molecule has 0 unspecified atom stereocenters. The molecule has 0 saturated carbocycles. The number of ether oxygens (including phenoxy) is 1. The second kappa shape index (κ2) is 11.9. The number of nitro groups is 1. The van der Waals surface area contributed by atoms with E-state index in [0.29, 0.717) is 6.61 Å². The SMILES string of the molecule is O=[N+]([O-])c1ccc(/C=C/c2ccc(OCCCCCCCCO)cc2)cc1. The highest BCUT2D eigenvalue weighted by atomic mass is 16.6. The minimum absolute atomic E-state index is 0.0961. The standard InChI is InChI=1S/C22H27NO4/c24-17-5-3-1-2-4-6-18-27-22-15-11-20(12-16-22)8-7-19-9-13-21(14-10-19)23(25)26/h7-16,24H,1-6,17-18H2/b8-7+. The molecule has 0 bridgehead atoms. The van der Waals surface area contributed by atoms with E-state index in [1.807, 2.05) is 36.4 Å². The van der Waals surface area contributed by atoms with Gasteiger partial charge in [-0.15, -0.1) is 0 Å². The Morgan fingerprint density at radius 2 is 1.33 bits per heavy atom. The average Bonchev–Trinajstić information content (AvgIpc) is 2.69. The molecule has 0 aromatic heterocycles. The Hall–Kier alpha value is -2.66. The number of nitro benzene ring substituents is 1. The first-order valence-corrected chi connectivity index (χ1v) is 9.45. The van der Waals surface area contributed by atoms with E-state index in [9.17, 15) is 10.1 Å². The van der Waals surface area contributed by atoms with Gasteiger partial charge in [0.1, 0.15) is 5.75 Å². The van der Waals surface area contributed by atoms with Gasteiger partial charge in [0.15, 0.2) is 0 Å². The van der Waals surface area contributed by atoms with Crippen LogP contribution >= 0.6 is 0 Å². The molecule has 27 heavy (non-hydrogen) atoms. The van der Waals surface area contributed by atoms with Crippen molar-refractivity contribution in [2.45, 2.75) is 38.5 Å². The molecule has 0 fully saturated rings. The van der Waals surface area contributed by atoms with Crippen LogP contribution in [0.4, 0.5) is 5.69 Å². The van der Waals surface area contributed by atoms with Gasteiger partial charge in [0.25, 0.3) is 5.69 Å². The van der Waals surface area contributed by atoms with Crippen LogP contribution in [0, 0.1) is 10.1 Å². The van der Waals surface area contributed by atoms with Crippen LogP contribution in [-0.2, 0) is 0 Å². The molecule has 0 spiro atoms. The van der Waals surface area contributed by atoms with Gasteiger partial charge in [0, 0.05) is 18.7 Å². The Balaban J connectivity index is 1.70. The van der Waals surface area contributed by atoms with Crippen LogP contribution in [0.1, 0.15) is 49.7 Å². The van der Waals surface area contributed by atoms with Gasteiger partial charge in [-0.25, -0.2) is 0 Å². The van der Waals surface area contributed by atoms with Gasteiger partial charge < -0.3 is 9.84 Å². The minimum atomic E-state index is -0.399. The number of rotatable bonds is 12. The van der Waals surface area contributed by atoms with E-state index in [4.69, 9.17) is 9.84 Å². The molecule has 1 N–H and O–H groups in total. The predicted molar refractivity (Wildman–Crippen MR) is 109 cm³/mol. The van der Waals surface area contributed by atoms with Gasteiger partial charge in [-0.1, -0.05) is 50.0 Å². The van der Waals surface area contributed by atoms with Crippen LogP contribution in [-0.4, -0.2) is 23.2 Å². The van der Waals surface area contributed by atoms with E-state index in [-0.39, 0.29) is 5.69 Å². The molecular formula is C22H27NO4. The van der Waals surface area contributed by atoms with E-state index < -0.39 is 4.92 Å². The molecule has 2 aromatic rings. The molecule has 0 atom stereocenters. The zero-order valence-corrected chi connectivity index (χ0v) is 15.5. The molecule has 0 aliphatic carbocycles. The predicted octanol–water partition coefficient (Wildman–Crippen LogP) is 5.48. The molecule has 0 aliphatic heterocycles. The third kappa shape index (κ3) is 8.05. The van der Waals surface area contributed by atoms with Crippen molar-refractivity contribution in [1.82, 2.24) is 0 Å². The van der Waals surface area contributed by atoms with Crippen LogP contribution in [0.2, 0.25) is 0 Å². The van der Waals surface area contributed by atoms with Gasteiger partial charge >= 0.3 is 0 Å². The van der Waals surface area contributed by atoms with Crippen LogP contribution < -0.4 is 4.74 Å². The fourth-order valence-corrected chi connectivity index (χ4v) is 2.69. The smallest absolute Gasteiger partial charge is 0.269 e.